The third kappa shape index (κ3) is 5.55. The van der Waals surface area contributed by atoms with Crippen LogP contribution in [0, 0.1) is 0 Å². The van der Waals surface area contributed by atoms with Gasteiger partial charge in [0.15, 0.2) is 0 Å². The molecule has 2 aliphatic heterocycles. The Kier molecular flexibility index (Phi) is 7.97. The predicted octanol–water partition coefficient (Wildman–Crippen LogP) is 2.47. The highest BCUT2D eigenvalue weighted by molar-refractivity contribution is 7.89. The highest BCUT2D eigenvalue weighted by Crippen LogP contribution is 2.35. The molecule has 194 valence electrons. The molecule has 0 bridgehead atoms. The van der Waals surface area contributed by atoms with Gasteiger partial charge in [0.1, 0.15) is 12.3 Å². The maximum absolute atomic E-state index is 13.3. The van der Waals surface area contributed by atoms with E-state index in [0.29, 0.717) is 31.6 Å². The zero-order valence-electron chi connectivity index (χ0n) is 20.4. The Balaban J connectivity index is 1.46. The Bertz CT molecular complexity index is 1160. The molecule has 1 atom stereocenters. The quantitative estimate of drug-likeness (QED) is 0.467. The van der Waals surface area contributed by atoms with Gasteiger partial charge < -0.3 is 14.7 Å². The fourth-order valence-electron chi connectivity index (χ4n) is 4.92. The lowest BCUT2D eigenvalue weighted by atomic mass is 9.97. The van der Waals surface area contributed by atoms with E-state index in [9.17, 15) is 23.1 Å². The molecule has 1 unspecified atom stereocenters. The van der Waals surface area contributed by atoms with Gasteiger partial charge in [-0.25, -0.2) is 8.42 Å². The van der Waals surface area contributed by atoms with E-state index in [1.807, 2.05) is 30.3 Å². The predicted molar refractivity (Wildman–Crippen MR) is 134 cm³/mol. The van der Waals surface area contributed by atoms with Gasteiger partial charge in [-0.3, -0.25) is 14.9 Å². The molecule has 2 aliphatic rings. The van der Waals surface area contributed by atoms with Gasteiger partial charge in [0.25, 0.3) is 0 Å². The molecule has 2 aromatic carbocycles. The number of carbonyl (C=O) groups excluding carboxylic acids is 1. The lowest BCUT2D eigenvalue weighted by Gasteiger charge is -2.43. The molecule has 2 saturated heterocycles. The van der Waals surface area contributed by atoms with Gasteiger partial charge in [-0.05, 0) is 55.5 Å². The van der Waals surface area contributed by atoms with Gasteiger partial charge in [-0.2, -0.15) is 4.31 Å². The SMILES string of the molecule is CCCCOc1ccc(S(=O)(=O)N2CCC3(CC2)NC(Cc2ccccc2)C(=O)N3CC(=O)O)cc1. The van der Waals surface area contributed by atoms with Gasteiger partial charge in [-0.15, -0.1) is 0 Å². The largest absolute Gasteiger partial charge is 0.494 e. The maximum Gasteiger partial charge on any atom is 0.323 e. The number of ether oxygens (including phenoxy) is 1. The lowest BCUT2D eigenvalue weighted by molar-refractivity contribution is -0.147. The van der Waals surface area contributed by atoms with Crippen LogP contribution in [-0.2, 0) is 26.0 Å². The second-order valence-corrected chi connectivity index (χ2v) is 11.3. The fraction of sp³-hybridized carbons (Fsp3) is 0.462. The Morgan fingerprint density at radius 2 is 1.78 bits per heavy atom. The average molecular weight is 516 g/mol. The number of sulfonamides is 1. The third-order valence-corrected chi connectivity index (χ3v) is 8.79. The number of unbranched alkanes of at least 4 members (excludes halogenated alkanes) is 1. The summed E-state index contributed by atoms with van der Waals surface area (Å²) in [6, 6.07) is 15.4. The van der Waals surface area contributed by atoms with Crippen LogP contribution in [0.5, 0.6) is 5.75 Å². The van der Waals surface area contributed by atoms with Gasteiger partial charge in [0.05, 0.1) is 23.2 Å². The number of rotatable bonds is 10. The van der Waals surface area contributed by atoms with Crippen molar-refractivity contribution in [1.29, 1.82) is 0 Å². The molecular formula is C26H33N3O6S. The molecule has 2 heterocycles. The summed E-state index contributed by atoms with van der Waals surface area (Å²) in [5.41, 5.74) is 0.0792. The summed E-state index contributed by atoms with van der Waals surface area (Å²) >= 11 is 0. The minimum atomic E-state index is -3.74. The summed E-state index contributed by atoms with van der Waals surface area (Å²) in [4.78, 5) is 26.3. The van der Waals surface area contributed by atoms with Crippen molar-refractivity contribution in [3.63, 3.8) is 0 Å². The maximum atomic E-state index is 13.3. The van der Waals surface area contributed by atoms with Gasteiger partial charge in [0, 0.05) is 13.1 Å². The van der Waals surface area contributed by atoms with E-state index in [1.54, 1.807) is 24.3 Å². The number of hydrogen-bond donors (Lipinski definition) is 2. The molecule has 9 nitrogen and oxygen atoms in total. The van der Waals surface area contributed by atoms with Crippen LogP contribution in [0.15, 0.2) is 59.5 Å². The molecule has 0 saturated carbocycles. The average Bonchev–Trinajstić information content (AvgIpc) is 3.10. The number of carboxylic acid groups (broad SMARTS) is 1. The van der Waals surface area contributed by atoms with Crippen molar-refractivity contribution in [2.45, 2.75) is 55.6 Å². The van der Waals surface area contributed by atoms with E-state index in [2.05, 4.69) is 12.2 Å². The minimum Gasteiger partial charge on any atom is -0.494 e. The molecule has 1 spiro atoms. The van der Waals surface area contributed by atoms with Crippen LogP contribution < -0.4 is 10.1 Å². The summed E-state index contributed by atoms with van der Waals surface area (Å²) in [7, 11) is -3.74. The molecule has 2 aromatic rings. The summed E-state index contributed by atoms with van der Waals surface area (Å²) in [6.07, 6.45) is 2.98. The van der Waals surface area contributed by atoms with Crippen LogP contribution in [0.2, 0.25) is 0 Å². The van der Waals surface area contributed by atoms with Crippen molar-refractivity contribution in [2.24, 2.45) is 0 Å². The minimum absolute atomic E-state index is 0.172. The molecule has 0 radical (unpaired) electrons. The molecule has 2 fully saturated rings. The number of carbonyl (C=O) groups is 2. The van der Waals surface area contributed by atoms with Crippen LogP contribution >= 0.6 is 0 Å². The van der Waals surface area contributed by atoms with Gasteiger partial charge in [-0.1, -0.05) is 43.7 Å². The number of hydrogen-bond acceptors (Lipinski definition) is 6. The zero-order chi connectivity index (χ0) is 25.8. The van der Waals surface area contributed by atoms with E-state index in [0.717, 1.165) is 18.4 Å². The topological polar surface area (TPSA) is 116 Å². The summed E-state index contributed by atoms with van der Waals surface area (Å²) in [6.45, 7) is 2.57. The van der Waals surface area contributed by atoms with Gasteiger partial charge >= 0.3 is 5.97 Å². The summed E-state index contributed by atoms with van der Waals surface area (Å²) < 4.78 is 33.6. The van der Waals surface area contributed by atoms with Crippen LogP contribution in [0.3, 0.4) is 0 Å². The molecular weight excluding hydrogens is 482 g/mol. The van der Waals surface area contributed by atoms with Crippen LogP contribution in [-0.4, -0.2) is 72.6 Å². The number of amides is 1. The van der Waals surface area contributed by atoms with E-state index in [-0.39, 0.29) is 23.9 Å². The molecule has 0 aliphatic carbocycles. The highest BCUT2D eigenvalue weighted by atomic mass is 32.2. The monoisotopic (exact) mass is 515 g/mol. The van der Waals surface area contributed by atoms with Crippen molar-refractivity contribution < 1.29 is 27.9 Å². The Morgan fingerprint density at radius 3 is 2.39 bits per heavy atom. The second kappa shape index (κ2) is 11.0. The lowest BCUT2D eigenvalue weighted by Crippen LogP contribution is -2.60. The van der Waals surface area contributed by atoms with E-state index < -0.39 is 34.2 Å². The van der Waals surface area contributed by atoms with Crippen LogP contribution in [0.1, 0.15) is 38.2 Å². The van der Waals surface area contributed by atoms with E-state index in [1.165, 1.54) is 9.21 Å². The van der Waals surface area contributed by atoms with E-state index >= 15 is 0 Å². The third-order valence-electron chi connectivity index (χ3n) is 6.88. The van der Waals surface area contributed by atoms with Gasteiger partial charge in [0.2, 0.25) is 15.9 Å². The number of carboxylic acids is 1. The smallest absolute Gasteiger partial charge is 0.323 e. The zero-order valence-corrected chi connectivity index (χ0v) is 21.2. The van der Waals surface area contributed by atoms with Crippen molar-refractivity contribution in [2.75, 3.05) is 26.2 Å². The molecule has 36 heavy (non-hydrogen) atoms. The summed E-state index contributed by atoms with van der Waals surface area (Å²) in [5.74, 6) is -0.736. The Labute approximate surface area is 212 Å². The first-order chi connectivity index (χ1) is 17.2. The Hall–Kier alpha value is -2.95. The van der Waals surface area contributed by atoms with Crippen molar-refractivity contribution in [1.82, 2.24) is 14.5 Å². The molecule has 0 aromatic heterocycles. The molecule has 2 N–H and O–H groups in total. The first-order valence-corrected chi connectivity index (χ1v) is 13.8. The molecule has 10 heteroatoms. The number of nitrogens with one attached hydrogen (secondary N) is 1. The Morgan fingerprint density at radius 1 is 1.11 bits per heavy atom. The number of piperidine rings is 1. The van der Waals surface area contributed by atoms with Crippen LogP contribution in [0.25, 0.3) is 0 Å². The summed E-state index contributed by atoms with van der Waals surface area (Å²) in [5, 5.41) is 12.8. The number of aliphatic carboxylic acids is 1. The fourth-order valence-corrected chi connectivity index (χ4v) is 6.36. The normalized spacial score (nSPS) is 20.1. The number of benzene rings is 2. The van der Waals surface area contributed by atoms with Crippen molar-refractivity contribution >= 4 is 21.9 Å². The second-order valence-electron chi connectivity index (χ2n) is 9.31. The first kappa shape index (κ1) is 26.1. The molecule has 1 amide bonds. The highest BCUT2D eigenvalue weighted by Gasteiger charge is 2.52. The van der Waals surface area contributed by atoms with Crippen molar-refractivity contribution in [3.05, 3.63) is 60.2 Å². The number of nitrogens with zero attached hydrogens (tertiary/aromatic N) is 2. The van der Waals surface area contributed by atoms with E-state index in [4.69, 9.17) is 4.74 Å². The standard InChI is InChI=1S/C26H33N3O6S/c1-2-3-17-35-21-9-11-22(12-10-21)36(33,34)28-15-13-26(14-16-28)27-23(18-20-7-5-4-6-8-20)25(32)29(26)19-24(30)31/h4-12,23,27H,2-3,13-19H2,1H3,(H,30,31). The first-order valence-electron chi connectivity index (χ1n) is 12.3. The van der Waals surface area contributed by atoms with Crippen molar-refractivity contribution in [3.8, 4) is 5.75 Å². The molecule has 4 rings (SSSR count). The van der Waals surface area contributed by atoms with Crippen LogP contribution in [0.4, 0.5) is 0 Å².